The first-order valence-electron chi connectivity index (χ1n) is 11.4. The molecule has 0 bridgehead atoms. The number of nitrogens with one attached hydrogen (secondary N) is 2. The molecule has 2 atom stereocenters. The Bertz CT molecular complexity index is 1350. The van der Waals surface area contributed by atoms with Gasteiger partial charge in [-0.15, -0.1) is 0 Å². The Morgan fingerprint density at radius 3 is 2.94 bits per heavy atom. The number of hydrogen-bond donors (Lipinski definition) is 2. The van der Waals surface area contributed by atoms with Crippen molar-refractivity contribution in [2.45, 2.75) is 58.0 Å². The molecule has 1 fully saturated rings. The molecule has 4 heterocycles. The molecule has 11 heteroatoms. The van der Waals surface area contributed by atoms with Crippen molar-refractivity contribution in [3.05, 3.63) is 40.5 Å². The van der Waals surface area contributed by atoms with E-state index in [1.54, 1.807) is 6.20 Å². The van der Waals surface area contributed by atoms with Crippen LogP contribution in [0.2, 0.25) is 0 Å². The van der Waals surface area contributed by atoms with Gasteiger partial charge in [-0.25, -0.2) is 15.0 Å². The first kappa shape index (κ1) is 22.2. The third-order valence-corrected chi connectivity index (χ3v) is 6.96. The van der Waals surface area contributed by atoms with Gasteiger partial charge in [0.1, 0.15) is 34.3 Å². The largest absolute Gasteiger partial charge is 0.347 e. The lowest BCUT2D eigenvalue weighted by atomic mass is 9.90. The number of carbonyl (C=O) groups excluding carboxylic acids is 1. The van der Waals surface area contributed by atoms with Crippen LogP contribution in [0, 0.1) is 17.2 Å². The fourth-order valence-corrected chi connectivity index (χ4v) is 5.25. The molecule has 0 aliphatic heterocycles. The van der Waals surface area contributed by atoms with Gasteiger partial charge in [-0.05, 0) is 37.7 Å². The number of nitrogens with zero attached hydrogens (tertiary/aromatic N) is 7. The second-order valence-electron chi connectivity index (χ2n) is 9.02. The van der Waals surface area contributed by atoms with Crippen LogP contribution in [0.15, 0.2) is 24.8 Å². The Hall–Kier alpha value is -3.65. The molecule has 1 aliphatic carbocycles. The zero-order valence-electron chi connectivity index (χ0n) is 19.0. The number of aromatic nitrogens is 7. The lowest BCUT2D eigenvalue weighted by Crippen LogP contribution is -2.39. The van der Waals surface area contributed by atoms with Gasteiger partial charge < -0.3 is 9.88 Å². The van der Waals surface area contributed by atoms with Crippen molar-refractivity contribution in [3.63, 3.8) is 0 Å². The number of aromatic amines is 1. The van der Waals surface area contributed by atoms with E-state index in [0.29, 0.717) is 21.6 Å². The topological polar surface area (TPSA) is 138 Å². The minimum absolute atomic E-state index is 0.0283. The van der Waals surface area contributed by atoms with Crippen molar-refractivity contribution in [1.82, 2.24) is 40.0 Å². The second kappa shape index (κ2) is 9.30. The lowest BCUT2D eigenvalue weighted by Gasteiger charge is -2.32. The summed E-state index contributed by atoms with van der Waals surface area (Å²) < 4.78 is 2.34. The van der Waals surface area contributed by atoms with E-state index in [2.05, 4.69) is 48.9 Å². The molecule has 174 valence electrons. The summed E-state index contributed by atoms with van der Waals surface area (Å²) in [7, 11) is 0. The third-order valence-electron chi connectivity index (χ3n) is 6.05. The number of thiazole rings is 1. The van der Waals surface area contributed by atoms with Crippen molar-refractivity contribution in [2.75, 3.05) is 0 Å². The third kappa shape index (κ3) is 4.41. The molecule has 2 N–H and O–H groups in total. The van der Waals surface area contributed by atoms with Gasteiger partial charge in [-0.2, -0.15) is 10.4 Å². The van der Waals surface area contributed by atoms with E-state index in [-0.39, 0.29) is 18.0 Å². The Morgan fingerprint density at radius 1 is 1.32 bits per heavy atom. The highest BCUT2D eigenvalue weighted by Gasteiger charge is 2.29. The van der Waals surface area contributed by atoms with Gasteiger partial charge >= 0.3 is 0 Å². The van der Waals surface area contributed by atoms with Crippen LogP contribution in [0.5, 0.6) is 0 Å². The van der Waals surface area contributed by atoms with Crippen molar-refractivity contribution in [1.29, 1.82) is 5.26 Å². The van der Waals surface area contributed by atoms with E-state index in [1.807, 2.05) is 12.1 Å². The van der Waals surface area contributed by atoms with Gasteiger partial charge in [0, 0.05) is 18.5 Å². The predicted octanol–water partition coefficient (Wildman–Crippen LogP) is 3.66. The summed E-state index contributed by atoms with van der Waals surface area (Å²) in [5.74, 6) is 1.90. The molecule has 1 aliphatic rings. The van der Waals surface area contributed by atoms with Crippen LogP contribution < -0.4 is 5.32 Å². The zero-order chi connectivity index (χ0) is 23.7. The number of fused-ring (bicyclic) bond motifs is 1. The molecule has 10 nitrogen and oxygen atoms in total. The van der Waals surface area contributed by atoms with Gasteiger partial charge in [0.2, 0.25) is 0 Å². The highest BCUT2D eigenvalue weighted by Crippen LogP contribution is 2.34. The summed E-state index contributed by atoms with van der Waals surface area (Å²) in [6, 6.07) is 4.29. The van der Waals surface area contributed by atoms with Gasteiger partial charge in [-0.1, -0.05) is 25.2 Å². The molecule has 0 spiro atoms. The summed E-state index contributed by atoms with van der Waals surface area (Å²) >= 11 is 1.12. The molecular formula is C23H25N9OS. The van der Waals surface area contributed by atoms with Gasteiger partial charge in [-0.3, -0.25) is 14.9 Å². The standard InChI is InChI=1S/C23H25N9OS/c1-13(2)6-20-30-18-11-25-17(21-27-12-28-31-21)8-19(18)32(20)15-5-3-4-14(7-15)29-22(33)23-26-10-16(9-24)34-23/h8,10-15H,3-7H2,1-2H3,(H,29,33)(H,27,28,31)/t14-,15+/m0/s1. The Kier molecular flexibility index (Phi) is 6.06. The highest BCUT2D eigenvalue weighted by molar-refractivity contribution is 7.14. The minimum atomic E-state index is -0.216. The van der Waals surface area contributed by atoms with Crippen LogP contribution in [-0.4, -0.2) is 46.6 Å². The molecule has 4 aromatic heterocycles. The first-order valence-corrected chi connectivity index (χ1v) is 12.2. The summed E-state index contributed by atoms with van der Waals surface area (Å²) in [6.07, 6.45) is 9.30. The summed E-state index contributed by atoms with van der Waals surface area (Å²) in [4.78, 5) is 30.9. The number of hydrogen-bond acceptors (Lipinski definition) is 8. The van der Waals surface area contributed by atoms with Crippen LogP contribution in [0.1, 0.15) is 66.1 Å². The molecule has 0 radical (unpaired) electrons. The summed E-state index contributed by atoms with van der Waals surface area (Å²) in [6.45, 7) is 4.38. The average Bonchev–Trinajstić information content (AvgIpc) is 3.57. The molecule has 1 amide bonds. The number of nitriles is 1. The van der Waals surface area contributed by atoms with Gasteiger partial charge in [0.15, 0.2) is 10.8 Å². The summed E-state index contributed by atoms with van der Waals surface area (Å²) in [5.41, 5.74) is 2.60. The Morgan fingerprint density at radius 2 is 2.21 bits per heavy atom. The number of carbonyl (C=O) groups is 1. The Labute approximate surface area is 200 Å². The number of amides is 1. The average molecular weight is 476 g/mol. The van der Waals surface area contributed by atoms with E-state index in [9.17, 15) is 4.79 Å². The molecule has 4 aromatic rings. The maximum absolute atomic E-state index is 12.7. The smallest absolute Gasteiger partial charge is 0.280 e. The molecule has 1 saturated carbocycles. The second-order valence-corrected chi connectivity index (χ2v) is 10.1. The molecule has 0 aromatic carbocycles. The lowest BCUT2D eigenvalue weighted by molar-refractivity contribution is 0.0920. The predicted molar refractivity (Wildman–Crippen MR) is 127 cm³/mol. The molecule has 5 rings (SSSR count). The van der Waals surface area contributed by atoms with E-state index in [1.165, 1.54) is 12.5 Å². The highest BCUT2D eigenvalue weighted by atomic mass is 32.1. The minimum Gasteiger partial charge on any atom is -0.347 e. The van der Waals surface area contributed by atoms with Crippen molar-refractivity contribution < 1.29 is 4.79 Å². The van der Waals surface area contributed by atoms with E-state index >= 15 is 0 Å². The molecule has 0 unspecified atom stereocenters. The summed E-state index contributed by atoms with van der Waals surface area (Å²) in [5, 5.41) is 19.3. The fourth-order valence-electron chi connectivity index (χ4n) is 4.63. The van der Waals surface area contributed by atoms with Crippen molar-refractivity contribution in [2.24, 2.45) is 5.92 Å². The first-order chi connectivity index (χ1) is 16.5. The van der Waals surface area contributed by atoms with Gasteiger partial charge in [0.25, 0.3) is 5.91 Å². The SMILES string of the molecule is CC(C)Cc1nc2cnc(-c3ncn[nH]3)cc2n1[C@@H]1CCC[C@H](NC(=O)c2ncc(C#N)s2)C1. The Balaban J connectivity index is 1.44. The zero-order valence-corrected chi connectivity index (χ0v) is 19.8. The van der Waals surface area contributed by atoms with Crippen molar-refractivity contribution >= 4 is 28.3 Å². The molecule has 0 saturated heterocycles. The maximum Gasteiger partial charge on any atom is 0.280 e. The number of pyridine rings is 1. The van der Waals surface area contributed by atoms with E-state index in [0.717, 1.165) is 66.0 Å². The van der Waals surface area contributed by atoms with E-state index < -0.39 is 0 Å². The molecular weight excluding hydrogens is 450 g/mol. The number of imidazole rings is 1. The van der Waals surface area contributed by atoms with E-state index in [4.69, 9.17) is 10.2 Å². The normalized spacial score (nSPS) is 18.3. The van der Waals surface area contributed by atoms with Crippen LogP contribution in [0.25, 0.3) is 22.6 Å². The van der Waals surface area contributed by atoms with Crippen LogP contribution in [0.4, 0.5) is 0 Å². The van der Waals surface area contributed by atoms with Crippen LogP contribution >= 0.6 is 11.3 Å². The monoisotopic (exact) mass is 475 g/mol. The number of rotatable bonds is 6. The fraction of sp³-hybridized carbons (Fsp3) is 0.435. The quantitative estimate of drug-likeness (QED) is 0.434. The number of H-pyrrole nitrogens is 1. The van der Waals surface area contributed by atoms with Crippen LogP contribution in [0.3, 0.4) is 0 Å². The maximum atomic E-state index is 12.7. The molecule has 34 heavy (non-hydrogen) atoms. The van der Waals surface area contributed by atoms with Crippen LogP contribution in [-0.2, 0) is 6.42 Å². The van der Waals surface area contributed by atoms with Crippen molar-refractivity contribution in [3.8, 4) is 17.6 Å². The van der Waals surface area contributed by atoms with Gasteiger partial charge in [0.05, 0.1) is 17.9 Å².